The lowest BCUT2D eigenvalue weighted by Crippen LogP contribution is -2.34. The smallest absolute Gasteiger partial charge is 0.0355 e. The molecule has 0 aliphatic heterocycles. The molecule has 3 saturated carbocycles. The lowest BCUT2D eigenvalue weighted by molar-refractivity contribution is 0.0688. The average Bonchev–Trinajstić information content (AvgIpc) is 2.52. The molecular weight excluding hydrogens is 180 g/mol. The third-order valence-corrected chi connectivity index (χ3v) is 5.97. The molecule has 0 nitrogen and oxygen atoms in total. The molecule has 15 heavy (non-hydrogen) atoms. The van der Waals surface area contributed by atoms with E-state index in [4.69, 9.17) is 0 Å². The van der Waals surface area contributed by atoms with Crippen LogP contribution in [0.25, 0.3) is 0 Å². The van der Waals surface area contributed by atoms with Crippen LogP contribution in [0, 0.1) is 35.5 Å². The summed E-state index contributed by atoms with van der Waals surface area (Å²) in [6.45, 7) is 5.04. The van der Waals surface area contributed by atoms with E-state index in [0.717, 1.165) is 35.5 Å². The van der Waals surface area contributed by atoms with Gasteiger partial charge in [0.2, 0.25) is 0 Å². The van der Waals surface area contributed by atoms with Crippen molar-refractivity contribution in [3.05, 3.63) is 0 Å². The van der Waals surface area contributed by atoms with Crippen LogP contribution < -0.4 is 0 Å². The predicted octanol–water partition coefficient (Wildman–Crippen LogP) is 4.49. The van der Waals surface area contributed by atoms with Crippen LogP contribution in [0.3, 0.4) is 0 Å². The van der Waals surface area contributed by atoms with Crippen LogP contribution in [-0.4, -0.2) is 0 Å². The molecule has 0 N–H and O–H groups in total. The van der Waals surface area contributed by atoms with Crippen molar-refractivity contribution in [2.45, 2.75) is 58.8 Å². The molecule has 0 heteroatoms. The monoisotopic (exact) mass is 206 g/mol. The average molecular weight is 206 g/mol. The third kappa shape index (κ3) is 1.65. The molecule has 86 valence electrons. The van der Waals surface area contributed by atoms with Gasteiger partial charge in [0.15, 0.2) is 0 Å². The van der Waals surface area contributed by atoms with Crippen LogP contribution in [0.4, 0.5) is 0 Å². The summed E-state index contributed by atoms with van der Waals surface area (Å²) < 4.78 is 0. The van der Waals surface area contributed by atoms with Crippen LogP contribution in [0.1, 0.15) is 58.8 Å². The first-order valence-corrected chi connectivity index (χ1v) is 7.25. The van der Waals surface area contributed by atoms with Gasteiger partial charge in [0.25, 0.3) is 0 Å². The van der Waals surface area contributed by atoms with Crippen molar-refractivity contribution in [3.8, 4) is 0 Å². The Bertz CT molecular complexity index is 208. The van der Waals surface area contributed by atoms with E-state index in [1.807, 2.05) is 0 Å². The molecule has 0 aromatic heterocycles. The lowest BCUT2D eigenvalue weighted by atomic mass is 9.62. The largest absolute Gasteiger partial charge is 0.0622 e. The maximum absolute atomic E-state index is 2.52. The van der Waals surface area contributed by atoms with E-state index in [9.17, 15) is 0 Å². The minimum absolute atomic E-state index is 1.04. The van der Waals surface area contributed by atoms with Crippen molar-refractivity contribution in [2.75, 3.05) is 0 Å². The quantitative estimate of drug-likeness (QED) is 0.547. The minimum Gasteiger partial charge on any atom is -0.0622 e. The highest BCUT2D eigenvalue weighted by molar-refractivity contribution is 4.95. The number of rotatable bonds is 0. The normalized spacial score (nSPS) is 54.8. The molecule has 6 atom stereocenters. The first-order valence-electron chi connectivity index (χ1n) is 7.25. The molecule has 6 unspecified atom stereocenters. The molecule has 0 aromatic rings. The van der Waals surface area contributed by atoms with E-state index in [0.29, 0.717) is 0 Å². The summed E-state index contributed by atoms with van der Waals surface area (Å²) in [4.78, 5) is 0. The van der Waals surface area contributed by atoms with Crippen molar-refractivity contribution in [1.29, 1.82) is 0 Å². The van der Waals surface area contributed by atoms with Gasteiger partial charge in [0.1, 0.15) is 0 Å². The van der Waals surface area contributed by atoms with E-state index in [-0.39, 0.29) is 0 Å². The molecule has 0 aromatic carbocycles. The Morgan fingerprint density at radius 1 is 0.667 bits per heavy atom. The maximum Gasteiger partial charge on any atom is -0.0355 e. The van der Waals surface area contributed by atoms with E-state index in [2.05, 4.69) is 13.8 Å². The topological polar surface area (TPSA) is 0 Å². The van der Waals surface area contributed by atoms with E-state index >= 15 is 0 Å². The van der Waals surface area contributed by atoms with Gasteiger partial charge in [-0.15, -0.1) is 0 Å². The second kappa shape index (κ2) is 3.79. The molecule has 0 saturated heterocycles. The van der Waals surface area contributed by atoms with Gasteiger partial charge in [-0.3, -0.25) is 0 Å². The number of hydrogen-bond donors (Lipinski definition) is 0. The number of hydrogen-bond acceptors (Lipinski definition) is 0. The van der Waals surface area contributed by atoms with Gasteiger partial charge >= 0.3 is 0 Å². The molecule has 3 aliphatic rings. The zero-order valence-corrected chi connectivity index (χ0v) is 10.4. The Kier molecular flexibility index (Phi) is 2.57. The van der Waals surface area contributed by atoms with Gasteiger partial charge in [0, 0.05) is 0 Å². The van der Waals surface area contributed by atoms with Crippen molar-refractivity contribution in [1.82, 2.24) is 0 Å². The highest BCUT2D eigenvalue weighted by Crippen LogP contribution is 2.55. The summed E-state index contributed by atoms with van der Waals surface area (Å²) in [5.74, 6) is 6.56. The van der Waals surface area contributed by atoms with Crippen molar-refractivity contribution in [2.24, 2.45) is 35.5 Å². The van der Waals surface area contributed by atoms with Gasteiger partial charge in [-0.25, -0.2) is 0 Å². The summed E-state index contributed by atoms with van der Waals surface area (Å²) in [7, 11) is 0. The van der Waals surface area contributed by atoms with Crippen molar-refractivity contribution >= 4 is 0 Å². The van der Waals surface area contributed by atoms with Gasteiger partial charge in [-0.2, -0.15) is 0 Å². The van der Waals surface area contributed by atoms with Gasteiger partial charge in [-0.05, 0) is 54.8 Å². The third-order valence-electron chi connectivity index (χ3n) is 5.97. The fraction of sp³-hybridized carbons (Fsp3) is 1.00. The molecule has 0 amide bonds. The summed E-state index contributed by atoms with van der Waals surface area (Å²) in [6.07, 6.45) is 10.9. The Morgan fingerprint density at radius 3 is 1.60 bits per heavy atom. The first-order chi connectivity index (χ1) is 7.25. The molecule has 0 spiro atoms. The minimum atomic E-state index is 1.04. The maximum atomic E-state index is 2.52. The fourth-order valence-corrected chi connectivity index (χ4v) is 5.20. The molecule has 0 heterocycles. The summed E-state index contributed by atoms with van der Waals surface area (Å²) in [6, 6.07) is 0. The first kappa shape index (κ1) is 10.2. The summed E-state index contributed by atoms with van der Waals surface area (Å²) >= 11 is 0. The van der Waals surface area contributed by atoms with Crippen LogP contribution in [-0.2, 0) is 0 Å². The molecule has 3 rings (SSSR count). The zero-order valence-electron chi connectivity index (χ0n) is 10.4. The SMILES string of the molecule is CC1CC(C)C2CC3CCCCC3CC12. The standard InChI is InChI=1S/C15H26/c1-10-7-11(2)15-9-13-6-4-3-5-12(13)8-14(10)15/h10-15H,3-9H2,1-2H3. The van der Waals surface area contributed by atoms with E-state index in [1.54, 1.807) is 25.7 Å². The Morgan fingerprint density at radius 2 is 1.13 bits per heavy atom. The molecule has 3 fully saturated rings. The molecule has 0 bridgehead atoms. The van der Waals surface area contributed by atoms with Crippen molar-refractivity contribution in [3.63, 3.8) is 0 Å². The Labute approximate surface area is 94.8 Å². The van der Waals surface area contributed by atoms with Gasteiger partial charge in [-0.1, -0.05) is 39.5 Å². The van der Waals surface area contributed by atoms with Crippen LogP contribution >= 0.6 is 0 Å². The van der Waals surface area contributed by atoms with Crippen LogP contribution in [0.2, 0.25) is 0 Å². The predicted molar refractivity (Wildman–Crippen MR) is 64.6 cm³/mol. The second-order valence-electron chi connectivity index (χ2n) is 6.79. The summed E-state index contributed by atoms with van der Waals surface area (Å²) in [5, 5.41) is 0. The Balaban J connectivity index is 1.75. The highest BCUT2D eigenvalue weighted by Gasteiger charge is 2.45. The molecular formula is C15H26. The second-order valence-corrected chi connectivity index (χ2v) is 6.79. The number of fused-ring (bicyclic) bond motifs is 2. The van der Waals surface area contributed by atoms with Gasteiger partial charge in [0.05, 0.1) is 0 Å². The van der Waals surface area contributed by atoms with E-state index in [1.165, 1.54) is 19.3 Å². The fourth-order valence-electron chi connectivity index (χ4n) is 5.20. The van der Waals surface area contributed by atoms with Gasteiger partial charge < -0.3 is 0 Å². The van der Waals surface area contributed by atoms with Crippen molar-refractivity contribution < 1.29 is 0 Å². The Hall–Kier alpha value is 0. The zero-order chi connectivity index (χ0) is 10.4. The molecule has 3 aliphatic carbocycles. The lowest BCUT2D eigenvalue weighted by Gasteiger charge is -2.43. The molecule has 0 radical (unpaired) electrons. The highest BCUT2D eigenvalue weighted by atomic mass is 14.5. The van der Waals surface area contributed by atoms with E-state index < -0.39 is 0 Å². The summed E-state index contributed by atoms with van der Waals surface area (Å²) in [5.41, 5.74) is 0. The van der Waals surface area contributed by atoms with Crippen LogP contribution in [0.5, 0.6) is 0 Å². The van der Waals surface area contributed by atoms with Crippen LogP contribution in [0.15, 0.2) is 0 Å².